The van der Waals surface area contributed by atoms with Gasteiger partial charge in [-0.15, -0.1) is 0 Å². The van der Waals surface area contributed by atoms with Crippen LogP contribution in [-0.4, -0.2) is 97.8 Å². The van der Waals surface area contributed by atoms with Gasteiger partial charge in [0.05, 0.1) is 85.7 Å². The van der Waals surface area contributed by atoms with E-state index < -0.39 is 47.2 Å². The minimum absolute atomic E-state index is 0.0803. The van der Waals surface area contributed by atoms with Gasteiger partial charge in [0, 0.05) is 6.42 Å². The van der Waals surface area contributed by atoms with Crippen LogP contribution in [-0.2, 0) is 42.7 Å². The molecule has 10 nitrogen and oxygen atoms in total. The van der Waals surface area contributed by atoms with E-state index in [1.165, 1.54) is 70.6 Å². The maximum Gasteiger partial charge on any atom is 0.313 e. The molecule has 0 heterocycles. The molecule has 0 radical (unpaired) electrons. The second-order valence-electron chi connectivity index (χ2n) is 12.0. The molecule has 1 aromatic carbocycles. The number of ether oxygens (including phenoxy) is 8. The summed E-state index contributed by atoms with van der Waals surface area (Å²) in [4.78, 5) is 23.5. The van der Waals surface area contributed by atoms with Crippen LogP contribution in [0.2, 0.25) is 0 Å². The fourth-order valence-electron chi connectivity index (χ4n) is 4.77. The maximum absolute atomic E-state index is 13.5. The summed E-state index contributed by atoms with van der Waals surface area (Å²) in [5.74, 6) is -14.3. The monoisotopic (exact) mass is 758 g/mol. The van der Waals surface area contributed by atoms with Gasteiger partial charge in [0.15, 0.2) is 0 Å². The summed E-state index contributed by atoms with van der Waals surface area (Å²) in [6.07, 6.45) is 16.5. The number of carbonyl (C=O) groups excluding carboxylic acids is 2. The topological polar surface area (TPSA) is 108 Å². The molecular formula is C37H59F5O10. The average molecular weight is 759 g/mol. The van der Waals surface area contributed by atoms with E-state index in [-0.39, 0.29) is 39.0 Å². The van der Waals surface area contributed by atoms with Crippen LogP contribution < -0.4 is 4.74 Å². The number of unbranched alkanes of at least 4 members (excludes halogenated alkanes) is 12. The third-order valence-electron chi connectivity index (χ3n) is 7.67. The van der Waals surface area contributed by atoms with E-state index in [9.17, 15) is 31.5 Å². The summed E-state index contributed by atoms with van der Waals surface area (Å²) in [6.45, 7) is 5.72. The Kier molecular flexibility index (Phi) is 30.3. The molecule has 0 unspecified atom stereocenters. The van der Waals surface area contributed by atoms with Crippen LogP contribution in [0, 0.1) is 29.1 Å². The van der Waals surface area contributed by atoms with Crippen molar-refractivity contribution in [2.75, 3.05) is 85.9 Å². The van der Waals surface area contributed by atoms with Gasteiger partial charge in [-0.1, -0.05) is 84.0 Å². The van der Waals surface area contributed by atoms with Crippen LogP contribution in [0.4, 0.5) is 22.0 Å². The minimum Gasteiger partial charge on any atom is -0.463 e. The van der Waals surface area contributed by atoms with Crippen LogP contribution in [0.15, 0.2) is 0 Å². The zero-order chi connectivity index (χ0) is 38.1. The summed E-state index contributed by atoms with van der Waals surface area (Å²) in [5, 5.41) is 0. The lowest BCUT2D eigenvalue weighted by Gasteiger charge is -2.09. The maximum atomic E-state index is 13.5. The number of hydrogen-bond donors (Lipinski definition) is 0. The van der Waals surface area contributed by atoms with Crippen molar-refractivity contribution in [2.24, 2.45) is 0 Å². The van der Waals surface area contributed by atoms with E-state index in [1.807, 2.05) is 0 Å². The van der Waals surface area contributed by atoms with Crippen molar-refractivity contribution in [2.45, 2.75) is 103 Å². The fraction of sp³-hybridized carbons (Fsp3) is 0.784. The number of rotatable bonds is 36. The zero-order valence-electron chi connectivity index (χ0n) is 30.8. The summed E-state index contributed by atoms with van der Waals surface area (Å²) in [7, 11) is 0. The quantitative estimate of drug-likeness (QED) is 0.0168. The van der Waals surface area contributed by atoms with Gasteiger partial charge in [0.1, 0.15) is 6.61 Å². The van der Waals surface area contributed by atoms with Crippen LogP contribution in [0.5, 0.6) is 5.75 Å². The Hall–Kier alpha value is -2.43. The molecule has 1 rings (SSSR count). The smallest absolute Gasteiger partial charge is 0.313 e. The highest BCUT2D eigenvalue weighted by Crippen LogP contribution is 2.29. The minimum atomic E-state index is -2.35. The van der Waals surface area contributed by atoms with Gasteiger partial charge in [-0.25, -0.2) is 13.2 Å². The number of esters is 2. The molecule has 302 valence electrons. The first-order valence-electron chi connectivity index (χ1n) is 18.6. The SMILES string of the molecule is CCCCCCCCCCCCCCCC(=O)OCCOCCOCCOCCOCCOCCOCCC(=O)Oc1c(F)c(F)c(F)c(F)c1F. The first kappa shape index (κ1) is 47.6. The molecular weight excluding hydrogens is 699 g/mol. The molecule has 52 heavy (non-hydrogen) atoms. The van der Waals surface area contributed by atoms with Gasteiger partial charge in [-0.2, -0.15) is 8.78 Å². The number of hydrogen-bond acceptors (Lipinski definition) is 10. The predicted molar refractivity (Wildman–Crippen MR) is 183 cm³/mol. The van der Waals surface area contributed by atoms with Crippen LogP contribution in [0.1, 0.15) is 103 Å². The molecule has 0 aliphatic rings. The van der Waals surface area contributed by atoms with Crippen molar-refractivity contribution in [1.82, 2.24) is 0 Å². The van der Waals surface area contributed by atoms with Crippen molar-refractivity contribution < 1.29 is 69.4 Å². The highest BCUT2D eigenvalue weighted by Gasteiger charge is 2.28. The molecule has 0 amide bonds. The molecule has 0 atom stereocenters. The lowest BCUT2D eigenvalue weighted by molar-refractivity contribution is -0.145. The number of halogens is 5. The van der Waals surface area contributed by atoms with E-state index in [2.05, 4.69) is 11.7 Å². The molecule has 15 heteroatoms. The number of carbonyl (C=O) groups is 2. The molecule has 0 spiro atoms. The van der Waals surface area contributed by atoms with Gasteiger partial charge in [0.25, 0.3) is 0 Å². The molecule has 0 N–H and O–H groups in total. The van der Waals surface area contributed by atoms with Gasteiger partial charge in [-0.05, 0) is 6.42 Å². The van der Waals surface area contributed by atoms with Gasteiger partial charge in [0.2, 0.25) is 34.8 Å². The lowest BCUT2D eigenvalue weighted by atomic mass is 10.0. The van der Waals surface area contributed by atoms with E-state index in [1.54, 1.807) is 0 Å². The van der Waals surface area contributed by atoms with E-state index in [4.69, 9.17) is 33.2 Å². The van der Waals surface area contributed by atoms with Crippen LogP contribution in [0.25, 0.3) is 0 Å². The van der Waals surface area contributed by atoms with Crippen molar-refractivity contribution in [3.8, 4) is 5.75 Å². The third-order valence-corrected chi connectivity index (χ3v) is 7.67. The fourth-order valence-corrected chi connectivity index (χ4v) is 4.77. The van der Waals surface area contributed by atoms with Gasteiger partial charge in [-0.3, -0.25) is 9.59 Å². The van der Waals surface area contributed by atoms with Crippen LogP contribution in [0.3, 0.4) is 0 Å². The second kappa shape index (κ2) is 33.2. The Labute approximate surface area is 305 Å². The summed E-state index contributed by atoms with van der Waals surface area (Å²) < 4.78 is 108. The van der Waals surface area contributed by atoms with E-state index in [0.717, 1.165) is 12.8 Å². The Morgan fingerprint density at radius 1 is 0.385 bits per heavy atom. The van der Waals surface area contributed by atoms with E-state index >= 15 is 0 Å². The Morgan fingerprint density at radius 3 is 1.12 bits per heavy atom. The molecule has 0 aromatic heterocycles. The molecule has 0 bridgehead atoms. The summed E-state index contributed by atoms with van der Waals surface area (Å²) in [6, 6.07) is 0. The predicted octanol–water partition coefficient (Wildman–Crippen LogP) is 7.80. The van der Waals surface area contributed by atoms with Crippen molar-refractivity contribution in [3.05, 3.63) is 29.1 Å². The Bertz CT molecular complexity index is 1040. The summed E-state index contributed by atoms with van der Waals surface area (Å²) >= 11 is 0. The van der Waals surface area contributed by atoms with E-state index in [0.29, 0.717) is 59.3 Å². The van der Waals surface area contributed by atoms with Crippen molar-refractivity contribution in [3.63, 3.8) is 0 Å². The first-order chi connectivity index (χ1) is 25.3. The van der Waals surface area contributed by atoms with Gasteiger partial charge >= 0.3 is 11.9 Å². The molecule has 0 aliphatic heterocycles. The van der Waals surface area contributed by atoms with Gasteiger partial charge < -0.3 is 37.9 Å². The second-order valence-corrected chi connectivity index (χ2v) is 12.0. The highest BCUT2D eigenvalue weighted by molar-refractivity contribution is 5.72. The first-order valence-corrected chi connectivity index (χ1v) is 18.6. The molecule has 0 saturated heterocycles. The van der Waals surface area contributed by atoms with Crippen LogP contribution >= 0.6 is 0 Å². The zero-order valence-corrected chi connectivity index (χ0v) is 30.8. The third kappa shape index (κ3) is 24.7. The Morgan fingerprint density at radius 2 is 0.712 bits per heavy atom. The average Bonchev–Trinajstić information content (AvgIpc) is 3.14. The lowest BCUT2D eigenvalue weighted by Crippen LogP contribution is -2.16. The largest absolute Gasteiger partial charge is 0.463 e. The standard InChI is InChI=1S/C37H59F5O10/c1-2-3-4-5-6-7-8-9-10-11-12-13-14-15-30(43)51-29-28-50-27-26-49-25-24-48-23-22-47-21-20-46-19-18-45-17-16-31(44)52-37-35(41)33(39)32(38)34(40)36(37)42/h2-29H2,1H3. The highest BCUT2D eigenvalue weighted by atomic mass is 19.2. The summed E-state index contributed by atoms with van der Waals surface area (Å²) in [5.41, 5.74) is 0. The van der Waals surface area contributed by atoms with Crippen molar-refractivity contribution >= 4 is 11.9 Å². The molecule has 0 fully saturated rings. The molecule has 0 saturated carbocycles. The number of benzene rings is 1. The molecule has 0 aliphatic carbocycles. The molecule has 1 aromatic rings. The normalized spacial score (nSPS) is 11.3. The Balaban J connectivity index is 1.77. The van der Waals surface area contributed by atoms with Crippen molar-refractivity contribution in [1.29, 1.82) is 0 Å².